The molecule has 37 heavy (non-hydrogen) atoms. The molecule has 1 amide bonds. The van der Waals surface area contributed by atoms with Crippen LogP contribution in [0.25, 0.3) is 17.1 Å². The standard InChI is InChI=1S/C26H23N5O5S/c1-35-20-11-7-17(8-12-20)24-29-30-26(31(24)19-9-13-21(36-2)14-10-19)37-16-23(32)28-27-15-18-5-3-4-6-22(18)25(33)34/h3-15H,16H2,1-2H3,(H,28,32)(H,33,34)/b27-15-. The monoisotopic (exact) mass is 517 g/mol. The van der Waals surface area contributed by atoms with Gasteiger partial charge in [-0.05, 0) is 54.6 Å². The summed E-state index contributed by atoms with van der Waals surface area (Å²) in [6, 6.07) is 21.2. The average Bonchev–Trinajstić information content (AvgIpc) is 3.36. The number of thioether (sulfide) groups is 1. The topological polar surface area (TPSA) is 128 Å². The van der Waals surface area contributed by atoms with Crippen LogP contribution in [-0.4, -0.2) is 57.9 Å². The van der Waals surface area contributed by atoms with E-state index in [4.69, 9.17) is 9.47 Å². The minimum absolute atomic E-state index is 0.00875. The number of carboxylic acids is 1. The lowest BCUT2D eigenvalue weighted by Crippen LogP contribution is -2.20. The van der Waals surface area contributed by atoms with Crippen LogP contribution >= 0.6 is 11.8 Å². The number of methoxy groups -OCH3 is 2. The maximum absolute atomic E-state index is 12.5. The molecule has 0 unspecified atom stereocenters. The van der Waals surface area contributed by atoms with Crippen LogP contribution in [0.15, 0.2) is 83.1 Å². The summed E-state index contributed by atoms with van der Waals surface area (Å²) < 4.78 is 12.4. The first kappa shape index (κ1) is 25.5. The van der Waals surface area contributed by atoms with Crippen molar-refractivity contribution < 1.29 is 24.2 Å². The number of rotatable bonds is 10. The summed E-state index contributed by atoms with van der Waals surface area (Å²) in [6.07, 6.45) is 1.30. The Morgan fingerprint density at radius 2 is 1.62 bits per heavy atom. The van der Waals surface area contributed by atoms with Gasteiger partial charge in [0.25, 0.3) is 5.91 Å². The Kier molecular flexibility index (Phi) is 8.16. The van der Waals surface area contributed by atoms with Crippen LogP contribution in [0.5, 0.6) is 11.5 Å². The molecule has 0 saturated carbocycles. The Balaban J connectivity index is 1.53. The highest BCUT2D eigenvalue weighted by atomic mass is 32.2. The molecule has 0 fully saturated rings. The number of carbonyl (C=O) groups excluding carboxylic acids is 1. The molecule has 188 valence electrons. The lowest BCUT2D eigenvalue weighted by Gasteiger charge is -2.11. The first-order chi connectivity index (χ1) is 18.0. The second-order valence-electron chi connectivity index (χ2n) is 7.54. The number of nitrogens with zero attached hydrogens (tertiary/aromatic N) is 4. The maximum Gasteiger partial charge on any atom is 0.336 e. The number of amides is 1. The van der Waals surface area contributed by atoms with Crippen LogP contribution in [0, 0.1) is 0 Å². The molecule has 0 atom stereocenters. The van der Waals surface area contributed by atoms with Gasteiger partial charge in [-0.1, -0.05) is 30.0 Å². The fraction of sp³-hybridized carbons (Fsp3) is 0.115. The zero-order valence-corrected chi connectivity index (χ0v) is 20.8. The summed E-state index contributed by atoms with van der Waals surface area (Å²) >= 11 is 1.19. The van der Waals surface area contributed by atoms with Gasteiger partial charge in [0.15, 0.2) is 11.0 Å². The van der Waals surface area contributed by atoms with Crippen molar-refractivity contribution in [2.45, 2.75) is 5.16 Å². The van der Waals surface area contributed by atoms with E-state index in [1.807, 2.05) is 53.1 Å². The van der Waals surface area contributed by atoms with Crippen molar-refractivity contribution in [3.63, 3.8) is 0 Å². The van der Waals surface area contributed by atoms with Crippen molar-refractivity contribution >= 4 is 29.9 Å². The molecule has 0 aliphatic heterocycles. The molecule has 4 aromatic rings. The SMILES string of the molecule is COc1ccc(-c2nnc(SCC(=O)N/N=C\c3ccccc3C(=O)O)n2-c2ccc(OC)cc2)cc1. The number of benzene rings is 3. The van der Waals surface area contributed by atoms with Crippen LogP contribution in [0.1, 0.15) is 15.9 Å². The summed E-state index contributed by atoms with van der Waals surface area (Å²) in [7, 11) is 3.20. The predicted octanol–water partition coefficient (Wildman–Crippen LogP) is 3.89. The number of hydrazone groups is 1. The summed E-state index contributed by atoms with van der Waals surface area (Å²) in [5.74, 6) is 0.572. The van der Waals surface area contributed by atoms with Gasteiger partial charge in [-0.25, -0.2) is 10.2 Å². The minimum Gasteiger partial charge on any atom is -0.497 e. The second kappa shape index (κ2) is 11.9. The van der Waals surface area contributed by atoms with Crippen LogP contribution < -0.4 is 14.9 Å². The zero-order valence-electron chi connectivity index (χ0n) is 20.0. The predicted molar refractivity (Wildman–Crippen MR) is 140 cm³/mol. The van der Waals surface area contributed by atoms with E-state index in [2.05, 4.69) is 20.7 Å². The van der Waals surface area contributed by atoms with Gasteiger partial charge >= 0.3 is 5.97 Å². The van der Waals surface area contributed by atoms with Gasteiger partial charge in [0.1, 0.15) is 11.5 Å². The van der Waals surface area contributed by atoms with E-state index in [0.717, 1.165) is 17.0 Å². The normalized spacial score (nSPS) is 10.9. The number of hydrogen-bond acceptors (Lipinski definition) is 8. The molecule has 0 bridgehead atoms. The molecule has 0 radical (unpaired) electrons. The van der Waals surface area contributed by atoms with Crippen molar-refractivity contribution in [2.75, 3.05) is 20.0 Å². The van der Waals surface area contributed by atoms with E-state index < -0.39 is 5.97 Å². The molecule has 10 nitrogen and oxygen atoms in total. The van der Waals surface area contributed by atoms with E-state index in [1.165, 1.54) is 24.0 Å². The van der Waals surface area contributed by atoms with E-state index in [1.54, 1.807) is 32.4 Å². The van der Waals surface area contributed by atoms with Crippen LogP contribution in [0.2, 0.25) is 0 Å². The highest BCUT2D eigenvalue weighted by Gasteiger charge is 2.18. The smallest absolute Gasteiger partial charge is 0.336 e. The summed E-state index contributed by atoms with van der Waals surface area (Å²) in [4.78, 5) is 23.8. The average molecular weight is 518 g/mol. The highest BCUT2D eigenvalue weighted by molar-refractivity contribution is 7.99. The van der Waals surface area contributed by atoms with Crippen molar-refractivity contribution in [3.8, 4) is 28.6 Å². The first-order valence-corrected chi connectivity index (χ1v) is 12.0. The van der Waals surface area contributed by atoms with Gasteiger partial charge in [-0.2, -0.15) is 5.10 Å². The summed E-state index contributed by atoms with van der Waals surface area (Å²) in [5, 5.41) is 22.3. The Hall–Kier alpha value is -4.64. The summed E-state index contributed by atoms with van der Waals surface area (Å²) in [6.45, 7) is 0. The molecule has 0 spiro atoms. The molecular weight excluding hydrogens is 494 g/mol. The van der Waals surface area contributed by atoms with Crippen molar-refractivity contribution in [1.82, 2.24) is 20.2 Å². The van der Waals surface area contributed by atoms with E-state index in [9.17, 15) is 14.7 Å². The van der Waals surface area contributed by atoms with Crippen molar-refractivity contribution in [3.05, 3.63) is 83.9 Å². The van der Waals surface area contributed by atoms with Crippen LogP contribution in [0.3, 0.4) is 0 Å². The Morgan fingerprint density at radius 1 is 0.973 bits per heavy atom. The third-order valence-corrected chi connectivity index (χ3v) is 6.16. The second-order valence-corrected chi connectivity index (χ2v) is 8.48. The number of aromatic carboxylic acids is 1. The van der Waals surface area contributed by atoms with Gasteiger partial charge in [-0.15, -0.1) is 10.2 Å². The van der Waals surface area contributed by atoms with Gasteiger partial charge in [-0.3, -0.25) is 9.36 Å². The van der Waals surface area contributed by atoms with Gasteiger partial charge in [0.05, 0.1) is 31.8 Å². The van der Waals surface area contributed by atoms with E-state index in [-0.39, 0.29) is 17.2 Å². The zero-order chi connectivity index (χ0) is 26.2. The minimum atomic E-state index is -1.07. The molecule has 2 N–H and O–H groups in total. The molecule has 0 aliphatic rings. The molecule has 0 aliphatic carbocycles. The Morgan fingerprint density at radius 3 is 2.27 bits per heavy atom. The third-order valence-electron chi connectivity index (χ3n) is 5.23. The Bertz CT molecular complexity index is 1420. The number of hydrogen-bond donors (Lipinski definition) is 2. The fourth-order valence-electron chi connectivity index (χ4n) is 3.40. The number of ether oxygens (including phenoxy) is 2. The van der Waals surface area contributed by atoms with Gasteiger partial charge < -0.3 is 14.6 Å². The maximum atomic E-state index is 12.5. The highest BCUT2D eigenvalue weighted by Crippen LogP contribution is 2.29. The Labute approximate surface area is 217 Å². The van der Waals surface area contributed by atoms with Gasteiger partial charge in [0.2, 0.25) is 0 Å². The van der Waals surface area contributed by atoms with Crippen molar-refractivity contribution in [2.24, 2.45) is 5.10 Å². The molecule has 1 aromatic heterocycles. The summed E-state index contributed by atoms with van der Waals surface area (Å²) in [5.41, 5.74) is 4.51. The van der Waals surface area contributed by atoms with Gasteiger partial charge in [0, 0.05) is 16.8 Å². The van der Waals surface area contributed by atoms with Crippen LogP contribution in [-0.2, 0) is 4.79 Å². The number of nitrogens with one attached hydrogen (secondary N) is 1. The molecular formula is C26H23N5O5S. The molecule has 0 saturated heterocycles. The molecule has 4 rings (SSSR count). The lowest BCUT2D eigenvalue weighted by atomic mass is 10.1. The number of carbonyl (C=O) groups is 2. The number of aromatic nitrogens is 3. The fourth-order valence-corrected chi connectivity index (χ4v) is 4.14. The third kappa shape index (κ3) is 6.14. The van der Waals surface area contributed by atoms with Crippen molar-refractivity contribution in [1.29, 1.82) is 0 Å². The quantitative estimate of drug-likeness (QED) is 0.184. The largest absolute Gasteiger partial charge is 0.497 e. The molecule has 3 aromatic carbocycles. The van der Waals surface area contributed by atoms with E-state index in [0.29, 0.717) is 22.3 Å². The van der Waals surface area contributed by atoms with E-state index >= 15 is 0 Å². The van der Waals surface area contributed by atoms with Crippen LogP contribution in [0.4, 0.5) is 0 Å². The molecule has 11 heteroatoms. The number of carboxylic acid groups (broad SMARTS) is 1. The molecule has 1 heterocycles. The lowest BCUT2D eigenvalue weighted by molar-refractivity contribution is -0.118. The first-order valence-electron chi connectivity index (χ1n) is 11.0.